The van der Waals surface area contributed by atoms with E-state index in [4.69, 9.17) is 0 Å². The fourth-order valence-electron chi connectivity index (χ4n) is 4.68. The Balaban J connectivity index is 1.24. The quantitative estimate of drug-likeness (QED) is 0.789. The van der Waals surface area contributed by atoms with Crippen LogP contribution in [-0.4, -0.2) is 65.9 Å². The molecule has 6 nitrogen and oxygen atoms in total. The number of hydrogen-bond donors (Lipinski definition) is 2. The van der Waals surface area contributed by atoms with E-state index < -0.39 is 0 Å². The van der Waals surface area contributed by atoms with Crippen molar-refractivity contribution in [2.24, 2.45) is 11.8 Å². The van der Waals surface area contributed by atoms with Gasteiger partial charge in [-0.1, -0.05) is 25.1 Å². The molecule has 2 aliphatic rings. The van der Waals surface area contributed by atoms with Crippen molar-refractivity contribution in [3.8, 4) is 0 Å². The molecule has 156 valence electrons. The number of hydrogen-bond acceptors (Lipinski definition) is 3. The topological polar surface area (TPSA) is 68.4 Å². The molecule has 2 fully saturated rings. The summed E-state index contributed by atoms with van der Waals surface area (Å²) in [5.74, 6) is 0.555. The van der Waals surface area contributed by atoms with Crippen molar-refractivity contribution in [3.05, 3.63) is 36.0 Å². The molecule has 2 aliphatic heterocycles. The average Bonchev–Trinajstić information content (AvgIpc) is 3.42. The monoisotopic (exact) mass is 396 g/mol. The first kappa shape index (κ1) is 20.0. The molecule has 0 saturated carbocycles. The maximum atomic E-state index is 12.9. The summed E-state index contributed by atoms with van der Waals surface area (Å²) in [4.78, 5) is 33.0. The summed E-state index contributed by atoms with van der Waals surface area (Å²) < 4.78 is 0. The number of fused-ring (bicyclic) bond motifs is 1. The van der Waals surface area contributed by atoms with E-state index in [1.807, 2.05) is 42.2 Å². The molecule has 2 saturated heterocycles. The minimum Gasteiger partial charge on any atom is -0.355 e. The Kier molecular flexibility index (Phi) is 6.19. The van der Waals surface area contributed by atoms with E-state index >= 15 is 0 Å². The molecule has 0 unspecified atom stereocenters. The lowest BCUT2D eigenvalue weighted by molar-refractivity contribution is -0.126. The summed E-state index contributed by atoms with van der Waals surface area (Å²) in [6.45, 7) is 7.47. The Morgan fingerprint density at radius 3 is 2.59 bits per heavy atom. The van der Waals surface area contributed by atoms with Crippen LogP contribution in [0.4, 0.5) is 0 Å². The van der Waals surface area contributed by atoms with Gasteiger partial charge in [0.1, 0.15) is 5.69 Å². The number of likely N-dealkylation sites (tertiary alicyclic amines) is 2. The summed E-state index contributed by atoms with van der Waals surface area (Å²) in [6.07, 6.45) is 4.32. The Morgan fingerprint density at radius 1 is 1.14 bits per heavy atom. The van der Waals surface area contributed by atoms with E-state index in [0.29, 0.717) is 24.7 Å². The maximum absolute atomic E-state index is 12.9. The number of aromatic amines is 1. The van der Waals surface area contributed by atoms with Crippen LogP contribution in [0.1, 0.15) is 43.1 Å². The highest BCUT2D eigenvalue weighted by Crippen LogP contribution is 2.26. The second kappa shape index (κ2) is 8.99. The van der Waals surface area contributed by atoms with Crippen molar-refractivity contribution in [1.82, 2.24) is 20.1 Å². The third-order valence-electron chi connectivity index (χ3n) is 6.63. The van der Waals surface area contributed by atoms with Gasteiger partial charge >= 0.3 is 0 Å². The molecule has 4 rings (SSSR count). The summed E-state index contributed by atoms with van der Waals surface area (Å²) in [5.41, 5.74) is 1.64. The number of para-hydroxylation sites is 1. The van der Waals surface area contributed by atoms with E-state index in [0.717, 1.165) is 49.9 Å². The molecule has 2 amide bonds. The number of benzene rings is 1. The summed E-state index contributed by atoms with van der Waals surface area (Å²) in [5, 5.41) is 4.18. The highest BCUT2D eigenvalue weighted by molar-refractivity contribution is 5.98. The van der Waals surface area contributed by atoms with Crippen LogP contribution in [0.5, 0.6) is 0 Å². The third-order valence-corrected chi connectivity index (χ3v) is 6.63. The fraction of sp³-hybridized carbons (Fsp3) is 0.565. The molecular formula is C23H32N4O2. The predicted octanol–water partition coefficient (Wildman–Crippen LogP) is 2.87. The van der Waals surface area contributed by atoms with Crippen molar-refractivity contribution in [3.63, 3.8) is 0 Å². The normalized spacial score (nSPS) is 19.6. The van der Waals surface area contributed by atoms with E-state index in [1.165, 1.54) is 12.8 Å². The molecule has 0 aliphatic carbocycles. The zero-order chi connectivity index (χ0) is 20.2. The first-order chi connectivity index (χ1) is 14.1. The zero-order valence-electron chi connectivity index (χ0n) is 17.3. The largest absolute Gasteiger partial charge is 0.355 e. The van der Waals surface area contributed by atoms with Crippen molar-refractivity contribution in [2.45, 2.75) is 32.6 Å². The molecule has 0 bridgehead atoms. The van der Waals surface area contributed by atoms with E-state index in [1.54, 1.807) is 0 Å². The number of nitrogens with one attached hydrogen (secondary N) is 2. The van der Waals surface area contributed by atoms with Gasteiger partial charge in [-0.3, -0.25) is 9.59 Å². The number of rotatable bonds is 6. The number of nitrogens with zero attached hydrogens (tertiary/aromatic N) is 2. The van der Waals surface area contributed by atoms with Crippen molar-refractivity contribution in [1.29, 1.82) is 0 Å². The van der Waals surface area contributed by atoms with Crippen molar-refractivity contribution in [2.75, 3.05) is 39.3 Å². The number of aromatic nitrogens is 1. The first-order valence-electron chi connectivity index (χ1n) is 11.0. The van der Waals surface area contributed by atoms with Crippen LogP contribution in [-0.2, 0) is 4.79 Å². The molecule has 1 aromatic heterocycles. The lowest BCUT2D eigenvalue weighted by Gasteiger charge is -2.34. The van der Waals surface area contributed by atoms with Crippen LogP contribution in [0.2, 0.25) is 0 Å². The van der Waals surface area contributed by atoms with E-state index in [9.17, 15) is 9.59 Å². The van der Waals surface area contributed by atoms with Gasteiger partial charge in [0.25, 0.3) is 5.91 Å². The van der Waals surface area contributed by atoms with Gasteiger partial charge in [0, 0.05) is 43.0 Å². The average molecular weight is 397 g/mol. The Labute approximate surface area is 172 Å². The molecule has 1 atom stereocenters. The predicted molar refractivity (Wildman–Crippen MR) is 115 cm³/mol. The molecule has 0 radical (unpaired) electrons. The van der Waals surface area contributed by atoms with Gasteiger partial charge < -0.3 is 20.1 Å². The molecule has 1 aromatic carbocycles. The molecule has 0 spiro atoms. The van der Waals surface area contributed by atoms with Crippen molar-refractivity contribution < 1.29 is 9.59 Å². The van der Waals surface area contributed by atoms with E-state index in [-0.39, 0.29) is 17.7 Å². The summed E-state index contributed by atoms with van der Waals surface area (Å²) in [6, 6.07) is 9.88. The molecule has 2 aromatic rings. The van der Waals surface area contributed by atoms with Gasteiger partial charge in [-0.2, -0.15) is 0 Å². The lowest BCUT2D eigenvalue weighted by Crippen LogP contribution is -2.43. The fourth-order valence-corrected chi connectivity index (χ4v) is 4.68. The van der Waals surface area contributed by atoms with Crippen molar-refractivity contribution >= 4 is 22.7 Å². The van der Waals surface area contributed by atoms with E-state index in [2.05, 4.69) is 15.2 Å². The number of carbonyl (C=O) groups excluding carboxylic acids is 2. The number of carbonyl (C=O) groups is 2. The molecule has 2 N–H and O–H groups in total. The Bertz CT molecular complexity index is 814. The Morgan fingerprint density at radius 2 is 1.86 bits per heavy atom. The summed E-state index contributed by atoms with van der Waals surface area (Å²) in [7, 11) is 0. The van der Waals surface area contributed by atoms with Crippen LogP contribution >= 0.6 is 0 Å². The SMILES string of the molecule is C[C@@H](C(=O)NCCN1CCCC1)C1CCN(C(=O)c2cc3ccccc3[nH]2)CC1. The Hall–Kier alpha value is -2.34. The van der Waals surface area contributed by atoms with Crippen LogP contribution in [0.15, 0.2) is 30.3 Å². The zero-order valence-corrected chi connectivity index (χ0v) is 17.3. The highest BCUT2D eigenvalue weighted by Gasteiger charge is 2.30. The van der Waals surface area contributed by atoms with Crippen LogP contribution in [0.25, 0.3) is 10.9 Å². The molecular weight excluding hydrogens is 364 g/mol. The number of amides is 2. The van der Waals surface area contributed by atoms with Gasteiger partial charge in [0.2, 0.25) is 5.91 Å². The number of H-pyrrole nitrogens is 1. The van der Waals surface area contributed by atoms with Crippen LogP contribution < -0.4 is 5.32 Å². The van der Waals surface area contributed by atoms with Gasteiger partial charge in [0.05, 0.1) is 0 Å². The second-order valence-corrected chi connectivity index (χ2v) is 8.53. The van der Waals surface area contributed by atoms with Gasteiger partial charge in [0.15, 0.2) is 0 Å². The molecule has 6 heteroatoms. The first-order valence-corrected chi connectivity index (χ1v) is 11.0. The molecule has 29 heavy (non-hydrogen) atoms. The number of piperidine rings is 1. The van der Waals surface area contributed by atoms with Gasteiger partial charge in [-0.25, -0.2) is 0 Å². The van der Waals surface area contributed by atoms with Gasteiger partial charge in [-0.05, 0) is 56.8 Å². The van der Waals surface area contributed by atoms with Crippen LogP contribution in [0, 0.1) is 11.8 Å². The third kappa shape index (κ3) is 4.64. The minimum absolute atomic E-state index is 0.00101. The summed E-state index contributed by atoms with van der Waals surface area (Å²) >= 11 is 0. The lowest BCUT2D eigenvalue weighted by atomic mass is 9.84. The standard InChI is InChI=1S/C23H32N4O2/c1-17(22(28)24-10-15-26-11-4-5-12-26)18-8-13-27(14-9-18)23(29)21-16-19-6-2-3-7-20(19)25-21/h2-3,6-7,16-18,25H,4-5,8-15H2,1H3,(H,24,28)/t17-/m1/s1. The smallest absolute Gasteiger partial charge is 0.270 e. The second-order valence-electron chi connectivity index (χ2n) is 8.53. The minimum atomic E-state index is -0.00101. The van der Waals surface area contributed by atoms with Crippen LogP contribution in [0.3, 0.4) is 0 Å². The molecule has 3 heterocycles. The van der Waals surface area contributed by atoms with Gasteiger partial charge in [-0.15, -0.1) is 0 Å². The maximum Gasteiger partial charge on any atom is 0.270 e. The highest BCUT2D eigenvalue weighted by atomic mass is 16.2.